The molecule has 1 aromatic rings. The van der Waals surface area contributed by atoms with Crippen molar-refractivity contribution in [3.8, 4) is 0 Å². The van der Waals surface area contributed by atoms with Crippen molar-refractivity contribution in [1.82, 2.24) is 9.78 Å². The van der Waals surface area contributed by atoms with Gasteiger partial charge in [-0.25, -0.2) is 0 Å². The van der Waals surface area contributed by atoms with Crippen molar-refractivity contribution in [3.63, 3.8) is 0 Å². The van der Waals surface area contributed by atoms with Crippen LogP contribution in [0.1, 0.15) is 23.8 Å². The van der Waals surface area contributed by atoms with E-state index in [1.54, 1.807) is 17.0 Å². The normalized spacial score (nSPS) is 12.9. The van der Waals surface area contributed by atoms with Gasteiger partial charge in [0.15, 0.2) is 0 Å². The van der Waals surface area contributed by atoms with Gasteiger partial charge >= 0.3 is 0 Å². The van der Waals surface area contributed by atoms with E-state index in [2.05, 4.69) is 11.7 Å². The lowest BCUT2D eigenvalue weighted by atomic mass is 10.1. The van der Waals surface area contributed by atoms with E-state index < -0.39 is 6.10 Å². The molecular weight excluding hydrogens is 152 g/mol. The first-order valence-corrected chi connectivity index (χ1v) is 3.94. The average Bonchev–Trinajstić information content (AvgIpc) is 2.34. The summed E-state index contributed by atoms with van der Waals surface area (Å²) in [5, 5.41) is 13.6. The summed E-state index contributed by atoms with van der Waals surface area (Å²) in [6, 6.07) is 0. The predicted molar refractivity (Wildman–Crippen MR) is 47.7 cm³/mol. The first kappa shape index (κ1) is 9.00. The zero-order valence-corrected chi connectivity index (χ0v) is 7.49. The predicted octanol–water partition coefficient (Wildman–Crippen LogP) is 1.34. The van der Waals surface area contributed by atoms with Crippen LogP contribution in [0, 0.1) is 6.92 Å². The molecule has 3 nitrogen and oxygen atoms in total. The van der Waals surface area contributed by atoms with Gasteiger partial charge in [-0.15, -0.1) is 6.58 Å². The van der Waals surface area contributed by atoms with E-state index >= 15 is 0 Å². The van der Waals surface area contributed by atoms with Crippen LogP contribution in [0.4, 0.5) is 0 Å². The van der Waals surface area contributed by atoms with Crippen LogP contribution in [-0.2, 0) is 7.05 Å². The summed E-state index contributed by atoms with van der Waals surface area (Å²) >= 11 is 0. The van der Waals surface area contributed by atoms with Crippen molar-refractivity contribution in [2.45, 2.75) is 19.4 Å². The molecule has 0 bridgehead atoms. The third-order valence-corrected chi connectivity index (χ3v) is 2.02. The summed E-state index contributed by atoms with van der Waals surface area (Å²) in [5.41, 5.74) is 1.89. The Morgan fingerprint density at radius 3 is 2.92 bits per heavy atom. The summed E-state index contributed by atoms with van der Waals surface area (Å²) in [5.74, 6) is 0. The van der Waals surface area contributed by atoms with Gasteiger partial charge < -0.3 is 5.11 Å². The number of hydrogen-bond donors (Lipinski definition) is 1. The van der Waals surface area contributed by atoms with Gasteiger partial charge in [0.25, 0.3) is 0 Å². The minimum atomic E-state index is -0.462. The smallest absolute Gasteiger partial charge is 0.0857 e. The van der Waals surface area contributed by atoms with E-state index in [9.17, 15) is 5.11 Å². The molecule has 0 saturated heterocycles. The Morgan fingerprint density at radius 1 is 1.83 bits per heavy atom. The highest BCUT2D eigenvalue weighted by Gasteiger charge is 2.11. The summed E-state index contributed by atoms with van der Waals surface area (Å²) in [4.78, 5) is 0. The van der Waals surface area contributed by atoms with Gasteiger partial charge in [0.2, 0.25) is 0 Å². The number of aliphatic hydroxyl groups excluding tert-OH is 1. The molecule has 1 rings (SSSR count). The summed E-state index contributed by atoms with van der Waals surface area (Å²) < 4.78 is 1.75. The van der Waals surface area contributed by atoms with Crippen LogP contribution < -0.4 is 0 Å². The monoisotopic (exact) mass is 166 g/mol. The average molecular weight is 166 g/mol. The number of aliphatic hydroxyl groups is 1. The SMILES string of the molecule is C=CCC(O)c1cnn(C)c1C. The lowest BCUT2D eigenvalue weighted by Gasteiger charge is -2.06. The zero-order chi connectivity index (χ0) is 9.14. The van der Waals surface area contributed by atoms with Gasteiger partial charge in [-0.1, -0.05) is 6.08 Å². The molecule has 0 aliphatic heterocycles. The molecule has 0 aromatic carbocycles. The molecule has 1 N–H and O–H groups in total. The molecule has 0 amide bonds. The van der Waals surface area contributed by atoms with Crippen LogP contribution in [0.5, 0.6) is 0 Å². The Hall–Kier alpha value is -1.09. The lowest BCUT2D eigenvalue weighted by molar-refractivity contribution is 0.181. The Bertz CT molecular complexity index is 278. The van der Waals surface area contributed by atoms with Crippen LogP contribution in [0.3, 0.4) is 0 Å². The number of hydrogen-bond acceptors (Lipinski definition) is 2. The van der Waals surface area contributed by atoms with E-state index in [1.165, 1.54) is 0 Å². The highest BCUT2D eigenvalue weighted by Crippen LogP contribution is 2.19. The minimum absolute atomic E-state index is 0.462. The standard InChI is InChI=1S/C9H14N2O/c1-4-5-9(12)8-6-10-11(3)7(8)2/h4,6,9,12H,1,5H2,2-3H3. The summed E-state index contributed by atoms with van der Waals surface area (Å²) in [6.07, 6.45) is 3.52. The highest BCUT2D eigenvalue weighted by molar-refractivity contribution is 5.19. The first-order valence-electron chi connectivity index (χ1n) is 3.94. The molecule has 1 aromatic heterocycles. The van der Waals surface area contributed by atoms with Gasteiger partial charge in [-0.2, -0.15) is 5.10 Å². The van der Waals surface area contributed by atoms with Crippen molar-refractivity contribution < 1.29 is 5.11 Å². The van der Waals surface area contributed by atoms with Crippen LogP contribution >= 0.6 is 0 Å². The molecule has 0 spiro atoms. The molecule has 1 atom stereocenters. The van der Waals surface area contributed by atoms with Crippen LogP contribution in [0.25, 0.3) is 0 Å². The zero-order valence-electron chi connectivity index (χ0n) is 7.49. The number of rotatable bonds is 3. The van der Waals surface area contributed by atoms with E-state index in [4.69, 9.17) is 0 Å². The molecule has 0 aliphatic carbocycles. The van der Waals surface area contributed by atoms with E-state index in [1.807, 2.05) is 14.0 Å². The van der Waals surface area contributed by atoms with Crippen molar-refractivity contribution >= 4 is 0 Å². The second-order valence-corrected chi connectivity index (χ2v) is 2.85. The lowest BCUT2D eigenvalue weighted by Crippen LogP contribution is -1.99. The van der Waals surface area contributed by atoms with Gasteiger partial charge in [0.05, 0.1) is 12.3 Å². The Labute approximate surface area is 72.3 Å². The van der Waals surface area contributed by atoms with Crippen LogP contribution in [-0.4, -0.2) is 14.9 Å². The molecule has 0 fully saturated rings. The largest absolute Gasteiger partial charge is 0.388 e. The number of nitrogens with zero attached hydrogens (tertiary/aromatic N) is 2. The van der Waals surface area contributed by atoms with Gasteiger partial charge in [-0.05, 0) is 13.3 Å². The summed E-state index contributed by atoms with van der Waals surface area (Å²) in [6.45, 7) is 5.51. The Morgan fingerprint density at radius 2 is 2.50 bits per heavy atom. The maximum absolute atomic E-state index is 9.59. The molecule has 0 saturated carbocycles. The van der Waals surface area contributed by atoms with E-state index in [-0.39, 0.29) is 0 Å². The maximum Gasteiger partial charge on any atom is 0.0857 e. The van der Waals surface area contributed by atoms with Crippen LogP contribution in [0.2, 0.25) is 0 Å². The fourth-order valence-corrected chi connectivity index (χ4v) is 1.13. The second-order valence-electron chi connectivity index (χ2n) is 2.85. The molecule has 1 unspecified atom stereocenters. The molecule has 12 heavy (non-hydrogen) atoms. The quantitative estimate of drug-likeness (QED) is 0.688. The topological polar surface area (TPSA) is 38.1 Å². The van der Waals surface area contributed by atoms with Crippen molar-refractivity contribution in [1.29, 1.82) is 0 Å². The molecule has 66 valence electrons. The Balaban J connectivity index is 2.87. The van der Waals surface area contributed by atoms with Crippen molar-refractivity contribution in [2.24, 2.45) is 7.05 Å². The van der Waals surface area contributed by atoms with E-state index in [0.29, 0.717) is 6.42 Å². The van der Waals surface area contributed by atoms with Crippen LogP contribution in [0.15, 0.2) is 18.9 Å². The second kappa shape index (κ2) is 3.54. The molecule has 0 aliphatic rings. The van der Waals surface area contributed by atoms with E-state index in [0.717, 1.165) is 11.3 Å². The molecule has 1 heterocycles. The third-order valence-electron chi connectivity index (χ3n) is 2.02. The van der Waals surface area contributed by atoms with Gasteiger partial charge in [-0.3, -0.25) is 4.68 Å². The van der Waals surface area contributed by atoms with Crippen molar-refractivity contribution in [2.75, 3.05) is 0 Å². The fourth-order valence-electron chi connectivity index (χ4n) is 1.13. The molecule has 0 radical (unpaired) electrons. The maximum atomic E-state index is 9.59. The molecule has 3 heteroatoms. The molecular formula is C9H14N2O. The Kier molecular flexibility index (Phi) is 2.65. The van der Waals surface area contributed by atoms with Crippen molar-refractivity contribution in [3.05, 3.63) is 30.1 Å². The first-order chi connectivity index (χ1) is 5.66. The summed E-state index contributed by atoms with van der Waals surface area (Å²) in [7, 11) is 1.86. The minimum Gasteiger partial charge on any atom is -0.388 e. The number of aryl methyl sites for hydroxylation is 1. The highest BCUT2D eigenvalue weighted by atomic mass is 16.3. The third kappa shape index (κ3) is 1.56. The van der Waals surface area contributed by atoms with Gasteiger partial charge in [0, 0.05) is 18.3 Å². The van der Waals surface area contributed by atoms with Gasteiger partial charge in [0.1, 0.15) is 0 Å². The number of aromatic nitrogens is 2. The fraction of sp³-hybridized carbons (Fsp3) is 0.444.